The van der Waals surface area contributed by atoms with Gasteiger partial charge in [-0.1, -0.05) is 0 Å². The summed E-state index contributed by atoms with van der Waals surface area (Å²) in [5.74, 6) is 0. The smallest absolute Gasteiger partial charge is 0.188 e. The number of halogens is 1. The first-order valence-corrected chi connectivity index (χ1v) is 5.33. The minimum atomic E-state index is 0.739. The second kappa shape index (κ2) is 4.65. The zero-order chi connectivity index (χ0) is 4.99. The Bertz CT molecular complexity index is 30.7. The van der Waals surface area contributed by atoms with Crippen LogP contribution in [-0.2, 0) is 0 Å². The first kappa shape index (κ1) is 7.49. The molecule has 36 valence electrons. The van der Waals surface area contributed by atoms with Crippen LogP contribution in [0.5, 0.6) is 0 Å². The molecule has 0 unspecified atom stereocenters. The normalized spacial score (nSPS) is 8.50. The second-order valence-corrected chi connectivity index (χ2v) is 5.87. The van der Waals surface area contributed by atoms with E-state index in [0.29, 0.717) is 0 Å². The lowest BCUT2D eigenvalue weighted by Crippen LogP contribution is -1.83. The van der Waals surface area contributed by atoms with Crippen molar-refractivity contribution in [2.45, 2.75) is 0 Å². The Labute approximate surface area is 61.0 Å². The summed E-state index contributed by atoms with van der Waals surface area (Å²) >= 11 is 6.14. The van der Waals surface area contributed by atoms with Crippen LogP contribution < -0.4 is 0 Å². The van der Waals surface area contributed by atoms with Crippen LogP contribution in [-0.4, -0.2) is 15.6 Å². The van der Waals surface area contributed by atoms with E-state index in [4.69, 9.17) is 0 Å². The fourth-order valence-corrected chi connectivity index (χ4v) is 0.866. The van der Waals surface area contributed by atoms with E-state index in [1.807, 2.05) is 23.2 Å². The Hall–Kier alpha value is 1.49. The number of hydrogen-bond acceptors (Lipinski definition) is 2. The molecule has 0 bridgehead atoms. The van der Waals surface area contributed by atoms with Crippen LogP contribution >= 0.6 is 45.6 Å². The molecular weight excluding hydrogens is 226 g/mol. The zero-order valence-corrected chi connectivity index (χ0v) is 7.56. The lowest BCUT2D eigenvalue weighted by molar-refractivity contribution is 2.53. The summed E-state index contributed by atoms with van der Waals surface area (Å²) in [6.45, 7) is 0. The predicted molar refractivity (Wildman–Crippen MR) is 46.8 cm³/mol. The average molecular weight is 232 g/mol. The fraction of sp³-hybridized carbons (Fsp3) is 1.00. The molecule has 0 aliphatic rings. The Balaban J connectivity index is 2.75. The van der Waals surface area contributed by atoms with Crippen molar-refractivity contribution in [2.24, 2.45) is 0 Å². The summed E-state index contributed by atoms with van der Waals surface area (Å²) in [6.07, 6.45) is 4.24. The minimum absolute atomic E-state index is 0.739. The van der Waals surface area contributed by atoms with Crippen molar-refractivity contribution in [1.82, 2.24) is 0 Å². The van der Waals surface area contributed by atoms with Gasteiger partial charge in [-0.3, -0.25) is 0 Å². The van der Waals surface area contributed by atoms with Gasteiger partial charge >= 0.3 is 3.13 Å². The molecule has 4 heteroatoms. The number of rotatable bonds is 2. The molecule has 0 amide bonds. The van der Waals surface area contributed by atoms with Gasteiger partial charge in [-0.15, -0.1) is 22.4 Å². The lowest BCUT2D eigenvalue weighted by Gasteiger charge is -1.90. The second-order valence-electron chi connectivity index (χ2n) is 0.746. The summed E-state index contributed by atoms with van der Waals surface area (Å²) in [5.41, 5.74) is 0. The van der Waals surface area contributed by atoms with Gasteiger partial charge in [0.2, 0.25) is 0 Å². The highest BCUT2D eigenvalue weighted by molar-refractivity contribution is 14.1. The third-order valence-electron chi connectivity index (χ3n) is 0.371. The molecule has 6 heavy (non-hydrogen) atoms. The topological polar surface area (TPSA) is 0 Å². The van der Waals surface area contributed by atoms with Crippen LogP contribution in [0.3, 0.4) is 0 Å². The lowest BCUT2D eigenvalue weighted by atomic mass is 10.7. The SMILES string of the molecule is CSB(I)SC. The molecule has 0 atom stereocenters. The minimum Gasteiger partial charge on any atom is -0.188 e. The molecule has 0 aliphatic carbocycles. The van der Waals surface area contributed by atoms with Crippen LogP contribution in [0, 0.1) is 0 Å². The largest absolute Gasteiger partial charge is 0.345 e. The monoisotopic (exact) mass is 232 g/mol. The molecule has 0 saturated heterocycles. The molecule has 0 aromatic heterocycles. The molecule has 0 radical (unpaired) electrons. The fourth-order valence-electron chi connectivity index (χ4n) is 0.0962. The highest BCUT2D eigenvalue weighted by Crippen LogP contribution is 2.19. The van der Waals surface area contributed by atoms with Gasteiger partial charge < -0.3 is 0 Å². The van der Waals surface area contributed by atoms with E-state index in [1.54, 1.807) is 0 Å². The van der Waals surface area contributed by atoms with E-state index in [0.717, 1.165) is 3.13 Å². The van der Waals surface area contributed by atoms with Gasteiger partial charge in [0.15, 0.2) is 0 Å². The molecule has 0 heterocycles. The quantitative estimate of drug-likeness (QED) is 0.528. The van der Waals surface area contributed by atoms with E-state index in [-0.39, 0.29) is 0 Å². The number of hydrogen-bond donors (Lipinski definition) is 0. The summed E-state index contributed by atoms with van der Waals surface area (Å²) < 4.78 is 0.739. The molecule has 0 N–H and O–H groups in total. The van der Waals surface area contributed by atoms with Crippen molar-refractivity contribution >= 4 is 48.7 Å². The van der Waals surface area contributed by atoms with Crippen LogP contribution in [0.25, 0.3) is 0 Å². The van der Waals surface area contributed by atoms with E-state index in [2.05, 4.69) is 34.9 Å². The summed E-state index contributed by atoms with van der Waals surface area (Å²) in [6, 6.07) is 0. The highest BCUT2D eigenvalue weighted by Gasteiger charge is 2.00. The summed E-state index contributed by atoms with van der Waals surface area (Å²) in [7, 11) is 0. The van der Waals surface area contributed by atoms with E-state index >= 15 is 0 Å². The van der Waals surface area contributed by atoms with Crippen LogP contribution in [0.15, 0.2) is 0 Å². The molecule has 0 aromatic carbocycles. The molecule has 0 nitrogen and oxygen atoms in total. The van der Waals surface area contributed by atoms with Crippen LogP contribution in [0.4, 0.5) is 0 Å². The first-order valence-electron chi connectivity index (χ1n) is 1.51. The molecule has 0 aliphatic heterocycles. The van der Waals surface area contributed by atoms with Gasteiger partial charge in [0.25, 0.3) is 0 Å². The molecule has 0 saturated carbocycles. The summed E-state index contributed by atoms with van der Waals surface area (Å²) in [5, 5.41) is 0. The van der Waals surface area contributed by atoms with Gasteiger partial charge in [0.05, 0.1) is 0 Å². The van der Waals surface area contributed by atoms with Crippen molar-refractivity contribution in [3.63, 3.8) is 0 Å². The maximum Gasteiger partial charge on any atom is 0.345 e. The van der Waals surface area contributed by atoms with Gasteiger partial charge in [-0.2, -0.15) is 23.2 Å². The van der Waals surface area contributed by atoms with Crippen molar-refractivity contribution in [2.75, 3.05) is 12.5 Å². The molecular formula is C2H6BIS2. The van der Waals surface area contributed by atoms with Gasteiger partial charge in [0, 0.05) is 0 Å². The maximum atomic E-state index is 2.40. The van der Waals surface area contributed by atoms with E-state index in [1.165, 1.54) is 0 Å². The Morgan fingerprint density at radius 3 is 1.67 bits per heavy atom. The van der Waals surface area contributed by atoms with Crippen LogP contribution in [0.2, 0.25) is 0 Å². The predicted octanol–water partition coefficient (Wildman–Crippen LogP) is 2.13. The first-order chi connectivity index (χ1) is 2.81. The van der Waals surface area contributed by atoms with E-state index < -0.39 is 0 Å². The summed E-state index contributed by atoms with van der Waals surface area (Å²) in [4.78, 5) is 0. The van der Waals surface area contributed by atoms with Crippen molar-refractivity contribution in [3.8, 4) is 0 Å². The Morgan fingerprint density at radius 1 is 1.33 bits per heavy atom. The molecule has 0 rings (SSSR count). The molecule has 0 fully saturated rings. The Kier molecular flexibility index (Phi) is 5.81. The van der Waals surface area contributed by atoms with Crippen molar-refractivity contribution in [3.05, 3.63) is 0 Å². The third kappa shape index (κ3) is 3.68. The van der Waals surface area contributed by atoms with Crippen molar-refractivity contribution < 1.29 is 0 Å². The Morgan fingerprint density at radius 2 is 1.67 bits per heavy atom. The van der Waals surface area contributed by atoms with Gasteiger partial charge in [0.1, 0.15) is 0 Å². The van der Waals surface area contributed by atoms with Gasteiger partial charge in [-0.25, -0.2) is 0 Å². The van der Waals surface area contributed by atoms with E-state index in [9.17, 15) is 0 Å². The molecule has 0 aromatic rings. The van der Waals surface area contributed by atoms with Gasteiger partial charge in [-0.05, 0) is 12.5 Å². The zero-order valence-electron chi connectivity index (χ0n) is 3.77. The maximum absolute atomic E-state index is 2.40. The van der Waals surface area contributed by atoms with Crippen molar-refractivity contribution in [1.29, 1.82) is 0 Å². The highest BCUT2D eigenvalue weighted by atomic mass is 127. The average Bonchev–Trinajstić information content (AvgIpc) is 1.65. The van der Waals surface area contributed by atoms with Crippen LogP contribution in [0.1, 0.15) is 0 Å². The third-order valence-corrected chi connectivity index (χ3v) is 5.32. The molecule has 0 spiro atoms. The standard InChI is InChI=1S/C2H6BIS2/c1-5-3(4)6-2/h1-2H3.